The molecule has 0 unspecified atom stereocenters. The van der Waals surface area contributed by atoms with E-state index in [-0.39, 0.29) is 18.0 Å². The van der Waals surface area contributed by atoms with Crippen LogP contribution in [0.25, 0.3) is 0 Å². The molecule has 102 valence electrons. The van der Waals surface area contributed by atoms with E-state index in [2.05, 4.69) is 0 Å². The van der Waals surface area contributed by atoms with Gasteiger partial charge in [-0.05, 0) is 17.7 Å². The Labute approximate surface area is 117 Å². The fourth-order valence-corrected chi connectivity index (χ4v) is 1.83. The molecule has 2 rings (SSSR count). The summed E-state index contributed by atoms with van der Waals surface area (Å²) in [5, 5.41) is 0. The number of ketones is 1. The van der Waals surface area contributed by atoms with Crippen molar-refractivity contribution in [3.05, 3.63) is 65.7 Å². The molecule has 2 N–H and O–H groups in total. The molecular formula is C16H15NO3. The van der Waals surface area contributed by atoms with Crippen LogP contribution >= 0.6 is 0 Å². The number of Topliss-reactive ketones (excluding diaryl/α,β-unsaturated/α-hetero) is 1. The number of ether oxygens (including phenoxy) is 1. The minimum absolute atomic E-state index is 0.0597. The van der Waals surface area contributed by atoms with E-state index >= 15 is 0 Å². The first-order valence-corrected chi connectivity index (χ1v) is 6.24. The summed E-state index contributed by atoms with van der Waals surface area (Å²) in [7, 11) is 0. The molecule has 0 saturated carbocycles. The molecule has 0 spiro atoms. The number of hydrogen-bond donors (Lipinski definition) is 1. The van der Waals surface area contributed by atoms with Crippen LogP contribution in [0.15, 0.2) is 54.6 Å². The molecule has 0 heterocycles. The van der Waals surface area contributed by atoms with E-state index in [1.54, 1.807) is 24.3 Å². The first-order valence-electron chi connectivity index (χ1n) is 6.24. The number of benzene rings is 2. The molecule has 0 bridgehead atoms. The summed E-state index contributed by atoms with van der Waals surface area (Å²) in [6.45, 7) is -0.0841. The molecule has 20 heavy (non-hydrogen) atoms. The Kier molecular flexibility index (Phi) is 4.50. The molecule has 0 aliphatic heterocycles. The van der Waals surface area contributed by atoms with Crippen molar-refractivity contribution in [1.29, 1.82) is 0 Å². The molecule has 0 fully saturated rings. The van der Waals surface area contributed by atoms with Crippen molar-refractivity contribution in [1.82, 2.24) is 0 Å². The Morgan fingerprint density at radius 2 is 1.60 bits per heavy atom. The summed E-state index contributed by atoms with van der Waals surface area (Å²) in [5.41, 5.74) is 6.45. The standard InChI is InChI=1S/C16H15NO3/c17-16(19)14-8-4-5-9-15(14)20-11-13(18)10-12-6-2-1-3-7-12/h1-9H,10-11H2,(H2,17,19). The number of carbonyl (C=O) groups is 2. The minimum atomic E-state index is -0.573. The van der Waals surface area contributed by atoms with Gasteiger partial charge in [0.1, 0.15) is 12.4 Å². The molecule has 2 aromatic carbocycles. The summed E-state index contributed by atoms with van der Waals surface area (Å²) in [6, 6.07) is 16.0. The largest absolute Gasteiger partial charge is 0.485 e. The molecule has 0 atom stereocenters. The van der Waals surface area contributed by atoms with Crippen LogP contribution in [-0.2, 0) is 11.2 Å². The van der Waals surface area contributed by atoms with Crippen LogP contribution in [0.3, 0.4) is 0 Å². The van der Waals surface area contributed by atoms with E-state index < -0.39 is 5.91 Å². The monoisotopic (exact) mass is 269 g/mol. The van der Waals surface area contributed by atoms with Crippen molar-refractivity contribution in [2.24, 2.45) is 5.73 Å². The highest BCUT2D eigenvalue weighted by molar-refractivity contribution is 5.95. The fraction of sp³-hybridized carbons (Fsp3) is 0.125. The molecule has 0 radical (unpaired) electrons. The van der Waals surface area contributed by atoms with Gasteiger partial charge in [0.25, 0.3) is 5.91 Å². The lowest BCUT2D eigenvalue weighted by Gasteiger charge is -2.08. The predicted molar refractivity (Wildman–Crippen MR) is 75.6 cm³/mol. The molecule has 1 amide bonds. The maximum Gasteiger partial charge on any atom is 0.252 e. The molecule has 0 aromatic heterocycles. The second kappa shape index (κ2) is 6.52. The Hall–Kier alpha value is -2.62. The highest BCUT2D eigenvalue weighted by Gasteiger charge is 2.10. The zero-order valence-electron chi connectivity index (χ0n) is 10.9. The highest BCUT2D eigenvalue weighted by atomic mass is 16.5. The van der Waals surface area contributed by atoms with E-state index in [4.69, 9.17) is 10.5 Å². The molecule has 4 nitrogen and oxygen atoms in total. The molecule has 0 aliphatic rings. The van der Waals surface area contributed by atoms with E-state index in [0.717, 1.165) is 5.56 Å². The number of primary amides is 1. The number of hydrogen-bond acceptors (Lipinski definition) is 3. The normalized spacial score (nSPS) is 10.0. The van der Waals surface area contributed by atoms with Crippen LogP contribution in [0.5, 0.6) is 5.75 Å². The lowest BCUT2D eigenvalue weighted by Crippen LogP contribution is -2.17. The Balaban J connectivity index is 1.96. The van der Waals surface area contributed by atoms with E-state index in [1.807, 2.05) is 30.3 Å². The van der Waals surface area contributed by atoms with Gasteiger partial charge in [-0.3, -0.25) is 9.59 Å². The summed E-state index contributed by atoms with van der Waals surface area (Å²) in [4.78, 5) is 23.0. The summed E-state index contributed by atoms with van der Waals surface area (Å²) < 4.78 is 5.38. The lowest BCUT2D eigenvalue weighted by atomic mass is 10.1. The van der Waals surface area contributed by atoms with Crippen molar-refractivity contribution >= 4 is 11.7 Å². The lowest BCUT2D eigenvalue weighted by molar-refractivity contribution is -0.120. The second-order valence-corrected chi connectivity index (χ2v) is 4.35. The smallest absolute Gasteiger partial charge is 0.252 e. The maximum atomic E-state index is 11.8. The zero-order valence-corrected chi connectivity index (χ0v) is 10.9. The quantitative estimate of drug-likeness (QED) is 0.871. The number of rotatable bonds is 6. The van der Waals surface area contributed by atoms with E-state index in [1.165, 1.54) is 0 Å². The van der Waals surface area contributed by atoms with Crippen LogP contribution in [0.2, 0.25) is 0 Å². The van der Waals surface area contributed by atoms with Crippen molar-refractivity contribution in [2.75, 3.05) is 6.61 Å². The van der Waals surface area contributed by atoms with E-state index in [9.17, 15) is 9.59 Å². The van der Waals surface area contributed by atoms with Gasteiger partial charge in [-0.2, -0.15) is 0 Å². The Morgan fingerprint density at radius 1 is 0.950 bits per heavy atom. The first-order chi connectivity index (χ1) is 9.66. The average molecular weight is 269 g/mol. The third-order valence-electron chi connectivity index (χ3n) is 2.79. The van der Waals surface area contributed by atoms with E-state index in [0.29, 0.717) is 12.2 Å². The third-order valence-corrected chi connectivity index (χ3v) is 2.79. The van der Waals surface area contributed by atoms with Crippen LogP contribution < -0.4 is 10.5 Å². The Bertz CT molecular complexity index is 608. The molecular weight excluding hydrogens is 254 g/mol. The summed E-state index contributed by atoms with van der Waals surface area (Å²) in [6.07, 6.45) is 0.305. The van der Waals surface area contributed by atoms with Gasteiger partial charge in [-0.25, -0.2) is 0 Å². The topological polar surface area (TPSA) is 69.4 Å². The number of nitrogens with two attached hydrogens (primary N) is 1. The summed E-state index contributed by atoms with van der Waals surface area (Å²) in [5.74, 6) is -0.298. The third kappa shape index (κ3) is 3.68. The molecule has 0 saturated heterocycles. The van der Waals surface area contributed by atoms with Gasteiger partial charge in [0.2, 0.25) is 0 Å². The van der Waals surface area contributed by atoms with Crippen molar-refractivity contribution < 1.29 is 14.3 Å². The highest BCUT2D eigenvalue weighted by Crippen LogP contribution is 2.17. The number of carbonyl (C=O) groups excluding carboxylic acids is 2. The number of para-hydroxylation sites is 1. The van der Waals surface area contributed by atoms with Gasteiger partial charge >= 0.3 is 0 Å². The Morgan fingerprint density at radius 3 is 2.30 bits per heavy atom. The van der Waals surface area contributed by atoms with Crippen LogP contribution in [0.1, 0.15) is 15.9 Å². The minimum Gasteiger partial charge on any atom is -0.485 e. The van der Waals surface area contributed by atoms with Gasteiger partial charge in [0.05, 0.1) is 5.56 Å². The fourth-order valence-electron chi connectivity index (χ4n) is 1.83. The van der Waals surface area contributed by atoms with Crippen LogP contribution in [-0.4, -0.2) is 18.3 Å². The predicted octanol–water partition coefficient (Wildman–Crippen LogP) is 1.98. The SMILES string of the molecule is NC(=O)c1ccccc1OCC(=O)Cc1ccccc1. The van der Waals surface area contributed by atoms with Crippen molar-refractivity contribution in [3.63, 3.8) is 0 Å². The molecule has 2 aromatic rings. The zero-order chi connectivity index (χ0) is 14.4. The van der Waals surface area contributed by atoms with Gasteiger partial charge < -0.3 is 10.5 Å². The van der Waals surface area contributed by atoms with Gasteiger partial charge in [-0.15, -0.1) is 0 Å². The average Bonchev–Trinajstić information content (AvgIpc) is 2.46. The number of amides is 1. The molecule has 0 aliphatic carbocycles. The van der Waals surface area contributed by atoms with Crippen molar-refractivity contribution in [3.8, 4) is 5.75 Å². The van der Waals surface area contributed by atoms with Gasteiger partial charge in [0, 0.05) is 6.42 Å². The van der Waals surface area contributed by atoms with Gasteiger partial charge in [-0.1, -0.05) is 42.5 Å². The van der Waals surface area contributed by atoms with Crippen LogP contribution in [0.4, 0.5) is 0 Å². The first kappa shape index (κ1) is 13.8. The maximum absolute atomic E-state index is 11.8. The van der Waals surface area contributed by atoms with Crippen LogP contribution in [0, 0.1) is 0 Å². The van der Waals surface area contributed by atoms with Gasteiger partial charge in [0.15, 0.2) is 5.78 Å². The summed E-state index contributed by atoms with van der Waals surface area (Å²) >= 11 is 0. The molecule has 4 heteroatoms. The second-order valence-electron chi connectivity index (χ2n) is 4.35. The van der Waals surface area contributed by atoms with Crippen molar-refractivity contribution in [2.45, 2.75) is 6.42 Å².